The highest BCUT2D eigenvalue weighted by atomic mass is 16.5. The largest absolute Gasteiger partial charge is 0.466 e. The molecule has 0 bridgehead atoms. The Morgan fingerprint density at radius 3 is 1.13 bits per heavy atom. The average Bonchev–Trinajstić information content (AvgIpc) is 3.34. The molecule has 0 heterocycles. The van der Waals surface area contributed by atoms with Gasteiger partial charge in [0.15, 0.2) is 0 Å². The minimum atomic E-state index is -0.666. The van der Waals surface area contributed by atoms with Crippen molar-refractivity contribution < 1.29 is 24.5 Å². The fourth-order valence-electron chi connectivity index (χ4n) is 9.25. The minimum Gasteiger partial charge on any atom is -0.466 e. The van der Waals surface area contributed by atoms with E-state index in [1.54, 1.807) is 0 Å². The fourth-order valence-corrected chi connectivity index (χ4v) is 9.25. The van der Waals surface area contributed by atoms with Gasteiger partial charge in [0, 0.05) is 12.8 Å². The molecule has 0 rings (SSSR count). The molecule has 0 spiro atoms. The molecule has 0 aliphatic heterocycles. The van der Waals surface area contributed by atoms with Gasteiger partial charge < -0.3 is 20.3 Å². The Morgan fingerprint density at radius 1 is 0.412 bits per heavy atom. The second kappa shape index (κ2) is 57.7. The Hall–Kier alpha value is -1.92. The third kappa shape index (κ3) is 53.4. The standard InChI is InChI=1S/C62H117NO5/c1-3-5-7-9-11-13-14-15-16-26-30-33-36-40-44-48-52-56-62(67)68-57-53-49-45-41-37-34-31-28-25-23-21-19-17-18-20-22-24-27-29-32-35-39-43-47-51-55-61(66)63-59(58-64)60(65)54-50-46-42-38-12-10-8-6-4-2/h15-16,18-21,59-60,64-65H,3-14,17,22-58H2,1-2H3,(H,63,66)/b16-15-,20-18-,21-19-. The summed E-state index contributed by atoms with van der Waals surface area (Å²) in [4.78, 5) is 24.5. The van der Waals surface area contributed by atoms with Gasteiger partial charge in [-0.1, -0.05) is 262 Å². The SMILES string of the molecule is CCCCCCCC/C=C\CCCCCCCCCC(=O)OCCCCCCCCCCC/C=C\C/C=C\CCCCCCCCCCCC(=O)NC(CO)C(O)CCCCCCCCCCC. The summed E-state index contributed by atoms with van der Waals surface area (Å²) in [5, 5.41) is 23.1. The predicted octanol–water partition coefficient (Wildman–Crippen LogP) is 18.8. The highest BCUT2D eigenvalue weighted by molar-refractivity contribution is 5.76. The molecular weight excluding hydrogens is 839 g/mol. The third-order valence-electron chi connectivity index (χ3n) is 13.9. The first-order chi connectivity index (χ1) is 33.5. The number of ether oxygens (including phenoxy) is 1. The van der Waals surface area contributed by atoms with Crippen LogP contribution in [0.15, 0.2) is 36.5 Å². The summed E-state index contributed by atoms with van der Waals surface area (Å²) in [6.07, 6.45) is 71.6. The maximum atomic E-state index is 12.4. The first-order valence-electron chi connectivity index (χ1n) is 30.2. The zero-order valence-corrected chi connectivity index (χ0v) is 45.6. The summed E-state index contributed by atoms with van der Waals surface area (Å²) in [7, 11) is 0. The number of nitrogens with one attached hydrogen (secondary N) is 1. The van der Waals surface area contributed by atoms with E-state index in [9.17, 15) is 19.8 Å². The van der Waals surface area contributed by atoms with E-state index in [1.807, 2.05) is 0 Å². The monoisotopic (exact) mass is 956 g/mol. The maximum absolute atomic E-state index is 12.4. The van der Waals surface area contributed by atoms with Gasteiger partial charge in [0.2, 0.25) is 5.91 Å². The van der Waals surface area contributed by atoms with E-state index >= 15 is 0 Å². The lowest BCUT2D eigenvalue weighted by atomic mass is 10.0. The Balaban J connectivity index is 3.40. The summed E-state index contributed by atoms with van der Waals surface area (Å²) in [5.41, 5.74) is 0. The van der Waals surface area contributed by atoms with E-state index < -0.39 is 12.1 Å². The van der Waals surface area contributed by atoms with E-state index in [1.165, 1.54) is 238 Å². The number of carbonyl (C=O) groups excluding carboxylic acids is 2. The van der Waals surface area contributed by atoms with Gasteiger partial charge in [0.05, 0.1) is 25.4 Å². The Labute approximate surface area is 424 Å². The first-order valence-corrected chi connectivity index (χ1v) is 30.2. The summed E-state index contributed by atoms with van der Waals surface area (Å²) in [5.74, 6) is -0.0380. The van der Waals surface area contributed by atoms with E-state index in [0.717, 1.165) is 51.4 Å². The van der Waals surface area contributed by atoms with Gasteiger partial charge in [0.25, 0.3) is 0 Å². The summed E-state index contributed by atoms with van der Waals surface area (Å²) in [6, 6.07) is -0.544. The van der Waals surface area contributed by atoms with Gasteiger partial charge in [-0.2, -0.15) is 0 Å². The smallest absolute Gasteiger partial charge is 0.305 e. The van der Waals surface area contributed by atoms with Crippen LogP contribution in [0, 0.1) is 0 Å². The molecule has 0 aromatic rings. The van der Waals surface area contributed by atoms with Crippen molar-refractivity contribution in [3.63, 3.8) is 0 Å². The van der Waals surface area contributed by atoms with Crippen LogP contribution >= 0.6 is 0 Å². The number of rotatable bonds is 56. The van der Waals surface area contributed by atoms with Gasteiger partial charge in [-0.05, 0) is 83.5 Å². The van der Waals surface area contributed by atoms with Crippen molar-refractivity contribution in [2.45, 2.75) is 334 Å². The molecule has 68 heavy (non-hydrogen) atoms. The number of carbonyl (C=O) groups is 2. The number of hydrogen-bond acceptors (Lipinski definition) is 5. The molecule has 1 amide bonds. The van der Waals surface area contributed by atoms with Gasteiger partial charge in [0.1, 0.15) is 0 Å². The summed E-state index contributed by atoms with van der Waals surface area (Å²) < 4.78 is 5.49. The quantitative estimate of drug-likeness (QED) is 0.0321. The highest BCUT2D eigenvalue weighted by Gasteiger charge is 2.20. The van der Waals surface area contributed by atoms with Crippen LogP contribution < -0.4 is 5.32 Å². The van der Waals surface area contributed by atoms with Crippen LogP contribution in [0.1, 0.15) is 322 Å². The van der Waals surface area contributed by atoms with E-state index in [4.69, 9.17) is 4.74 Å². The van der Waals surface area contributed by atoms with Gasteiger partial charge in [-0.25, -0.2) is 0 Å². The van der Waals surface area contributed by atoms with Crippen molar-refractivity contribution in [1.82, 2.24) is 5.32 Å². The zero-order valence-electron chi connectivity index (χ0n) is 45.6. The molecule has 0 saturated carbocycles. The van der Waals surface area contributed by atoms with Crippen molar-refractivity contribution in [3.05, 3.63) is 36.5 Å². The number of aliphatic hydroxyl groups is 2. The van der Waals surface area contributed by atoms with Gasteiger partial charge in [-0.3, -0.25) is 9.59 Å². The molecule has 3 N–H and O–H groups in total. The highest BCUT2D eigenvalue weighted by Crippen LogP contribution is 2.16. The third-order valence-corrected chi connectivity index (χ3v) is 13.9. The molecule has 0 aliphatic rings. The van der Waals surface area contributed by atoms with Crippen molar-refractivity contribution in [3.8, 4) is 0 Å². The fraction of sp³-hybridized carbons (Fsp3) is 0.871. The van der Waals surface area contributed by atoms with Gasteiger partial charge in [-0.15, -0.1) is 0 Å². The van der Waals surface area contributed by atoms with E-state index in [-0.39, 0.29) is 18.5 Å². The van der Waals surface area contributed by atoms with Crippen molar-refractivity contribution in [2.75, 3.05) is 13.2 Å². The van der Waals surface area contributed by atoms with Crippen LogP contribution in [0.2, 0.25) is 0 Å². The van der Waals surface area contributed by atoms with E-state index in [0.29, 0.717) is 25.9 Å². The molecule has 0 radical (unpaired) electrons. The molecule has 6 nitrogen and oxygen atoms in total. The molecule has 0 aromatic carbocycles. The molecular formula is C62H117NO5. The van der Waals surface area contributed by atoms with Crippen LogP contribution in [0.3, 0.4) is 0 Å². The second-order valence-electron chi connectivity index (χ2n) is 20.7. The minimum absolute atomic E-state index is 0.00547. The first kappa shape index (κ1) is 66.1. The van der Waals surface area contributed by atoms with Gasteiger partial charge >= 0.3 is 5.97 Å². The molecule has 0 fully saturated rings. The lowest BCUT2D eigenvalue weighted by Crippen LogP contribution is -2.45. The lowest BCUT2D eigenvalue weighted by Gasteiger charge is -2.22. The zero-order chi connectivity index (χ0) is 49.3. The summed E-state index contributed by atoms with van der Waals surface area (Å²) in [6.45, 7) is 4.93. The van der Waals surface area contributed by atoms with Crippen molar-refractivity contribution in [1.29, 1.82) is 0 Å². The molecule has 400 valence electrons. The molecule has 2 atom stereocenters. The van der Waals surface area contributed by atoms with Crippen LogP contribution in [0.5, 0.6) is 0 Å². The summed E-state index contributed by atoms with van der Waals surface area (Å²) >= 11 is 0. The number of unbranched alkanes of at least 4 members (excludes halogenated alkanes) is 39. The van der Waals surface area contributed by atoms with Crippen LogP contribution in [-0.4, -0.2) is 47.4 Å². The van der Waals surface area contributed by atoms with Crippen LogP contribution in [0.4, 0.5) is 0 Å². The number of aliphatic hydroxyl groups excluding tert-OH is 2. The lowest BCUT2D eigenvalue weighted by molar-refractivity contribution is -0.143. The molecule has 2 unspecified atom stereocenters. The van der Waals surface area contributed by atoms with Crippen molar-refractivity contribution >= 4 is 11.9 Å². The molecule has 0 aromatic heterocycles. The number of amides is 1. The van der Waals surface area contributed by atoms with Crippen molar-refractivity contribution in [2.24, 2.45) is 0 Å². The normalized spacial score (nSPS) is 12.8. The topological polar surface area (TPSA) is 95.9 Å². The Morgan fingerprint density at radius 2 is 0.735 bits per heavy atom. The molecule has 6 heteroatoms. The predicted molar refractivity (Wildman–Crippen MR) is 296 cm³/mol. The maximum Gasteiger partial charge on any atom is 0.305 e. The van der Waals surface area contributed by atoms with E-state index in [2.05, 4.69) is 55.6 Å². The Bertz CT molecular complexity index is 1100. The molecule has 0 saturated heterocycles. The number of allylic oxidation sites excluding steroid dienone is 6. The van der Waals surface area contributed by atoms with Crippen LogP contribution in [-0.2, 0) is 14.3 Å². The number of esters is 1. The Kier molecular flexibility index (Phi) is 56.0. The molecule has 0 aliphatic carbocycles. The second-order valence-corrected chi connectivity index (χ2v) is 20.7. The number of hydrogen-bond donors (Lipinski definition) is 3. The average molecular weight is 957 g/mol. The van der Waals surface area contributed by atoms with Crippen LogP contribution in [0.25, 0.3) is 0 Å².